The van der Waals surface area contributed by atoms with Crippen LogP contribution in [0.4, 0.5) is 10.5 Å². The van der Waals surface area contributed by atoms with Crippen LogP contribution in [0.15, 0.2) is 42.5 Å². The highest BCUT2D eigenvalue weighted by atomic mass is 16.7. The van der Waals surface area contributed by atoms with Crippen molar-refractivity contribution in [2.45, 2.75) is 39.7 Å². The van der Waals surface area contributed by atoms with E-state index in [1.165, 1.54) is 5.56 Å². The summed E-state index contributed by atoms with van der Waals surface area (Å²) in [5.74, 6) is 0.723. The van der Waals surface area contributed by atoms with Gasteiger partial charge in [-0.2, -0.15) is 0 Å². The first kappa shape index (κ1) is 20.9. The molecule has 0 fully saturated rings. The molecule has 1 aliphatic heterocycles. The SMILES string of the molecule is CCOC(=O)Oc1ccc(C[C@H](N)C(=O)N2CC(C)Cc3ccccc32)c(C)c1. The number of fused-ring (bicyclic) bond motifs is 1. The number of carbonyl (C=O) groups is 2. The Morgan fingerprint density at radius 1 is 1.24 bits per heavy atom. The van der Waals surface area contributed by atoms with E-state index >= 15 is 0 Å². The van der Waals surface area contributed by atoms with E-state index in [0.717, 1.165) is 23.2 Å². The minimum Gasteiger partial charge on any atom is -0.434 e. The summed E-state index contributed by atoms with van der Waals surface area (Å²) in [4.78, 5) is 26.4. The predicted octanol–water partition coefficient (Wildman–Crippen LogP) is 3.63. The Labute approximate surface area is 171 Å². The summed E-state index contributed by atoms with van der Waals surface area (Å²) in [5.41, 5.74) is 10.3. The average Bonchev–Trinajstić information content (AvgIpc) is 2.68. The van der Waals surface area contributed by atoms with Crippen molar-refractivity contribution in [2.24, 2.45) is 11.7 Å². The van der Waals surface area contributed by atoms with Crippen LogP contribution in [0.5, 0.6) is 5.75 Å². The normalized spacial score (nSPS) is 16.7. The molecular formula is C23H28N2O4. The fourth-order valence-electron chi connectivity index (χ4n) is 3.73. The van der Waals surface area contributed by atoms with Gasteiger partial charge in [0.1, 0.15) is 5.75 Å². The molecule has 2 aromatic rings. The molecule has 0 aromatic heterocycles. The van der Waals surface area contributed by atoms with Crippen molar-refractivity contribution in [3.63, 3.8) is 0 Å². The molecule has 0 aliphatic carbocycles. The number of carbonyl (C=O) groups excluding carboxylic acids is 2. The number of aryl methyl sites for hydroxylation is 1. The van der Waals surface area contributed by atoms with E-state index in [0.29, 0.717) is 24.6 Å². The third-order valence-corrected chi connectivity index (χ3v) is 5.15. The molecule has 2 N–H and O–H groups in total. The molecule has 0 saturated heterocycles. The number of hydrogen-bond donors (Lipinski definition) is 1. The first-order valence-electron chi connectivity index (χ1n) is 9.98. The van der Waals surface area contributed by atoms with Crippen LogP contribution in [0.25, 0.3) is 0 Å². The third-order valence-electron chi connectivity index (χ3n) is 5.15. The molecule has 0 radical (unpaired) electrons. The van der Waals surface area contributed by atoms with Crippen LogP contribution in [-0.2, 0) is 22.4 Å². The van der Waals surface area contributed by atoms with Gasteiger partial charge in [0.25, 0.3) is 0 Å². The predicted molar refractivity (Wildman–Crippen MR) is 112 cm³/mol. The van der Waals surface area contributed by atoms with E-state index in [9.17, 15) is 9.59 Å². The van der Waals surface area contributed by atoms with Crippen LogP contribution in [0.2, 0.25) is 0 Å². The Balaban J connectivity index is 1.71. The maximum atomic E-state index is 13.1. The van der Waals surface area contributed by atoms with E-state index in [2.05, 4.69) is 13.0 Å². The van der Waals surface area contributed by atoms with Gasteiger partial charge in [0.15, 0.2) is 0 Å². The highest BCUT2D eigenvalue weighted by Crippen LogP contribution is 2.30. The molecule has 1 amide bonds. The Bertz CT molecular complexity index is 896. The Kier molecular flexibility index (Phi) is 6.54. The lowest BCUT2D eigenvalue weighted by atomic mass is 9.92. The zero-order chi connectivity index (χ0) is 21.0. The van der Waals surface area contributed by atoms with E-state index in [-0.39, 0.29) is 12.5 Å². The molecule has 6 heteroatoms. The van der Waals surface area contributed by atoms with Gasteiger partial charge in [-0.05, 0) is 67.5 Å². The minimum atomic E-state index is -0.732. The number of hydrogen-bond acceptors (Lipinski definition) is 5. The van der Waals surface area contributed by atoms with E-state index < -0.39 is 12.2 Å². The maximum Gasteiger partial charge on any atom is 0.513 e. The molecule has 2 atom stereocenters. The number of para-hydroxylation sites is 1. The standard InChI is InChI=1S/C23H28N2O4/c1-4-28-23(27)29-19-10-9-17(16(3)12-19)13-20(24)22(26)25-14-15(2)11-18-7-5-6-8-21(18)25/h5-10,12,15,20H,4,11,13-14,24H2,1-3H3/t15?,20-/m0/s1. The molecular weight excluding hydrogens is 368 g/mol. The summed E-state index contributed by atoms with van der Waals surface area (Å²) in [7, 11) is 0. The van der Waals surface area contributed by atoms with Gasteiger partial charge in [0, 0.05) is 12.2 Å². The van der Waals surface area contributed by atoms with Gasteiger partial charge in [-0.25, -0.2) is 4.79 Å². The number of nitrogens with zero attached hydrogens (tertiary/aromatic N) is 1. The van der Waals surface area contributed by atoms with Crippen molar-refractivity contribution < 1.29 is 19.1 Å². The average molecular weight is 396 g/mol. The molecule has 1 heterocycles. The fraction of sp³-hybridized carbons (Fsp3) is 0.391. The summed E-state index contributed by atoms with van der Waals surface area (Å²) in [6, 6.07) is 12.6. The number of ether oxygens (including phenoxy) is 2. The van der Waals surface area contributed by atoms with Crippen molar-refractivity contribution in [3.8, 4) is 5.75 Å². The Hall–Kier alpha value is -2.86. The van der Waals surface area contributed by atoms with Gasteiger partial charge in [0.05, 0.1) is 12.6 Å². The Morgan fingerprint density at radius 2 is 2.00 bits per heavy atom. The van der Waals surface area contributed by atoms with Gasteiger partial charge < -0.3 is 20.1 Å². The van der Waals surface area contributed by atoms with Crippen molar-refractivity contribution in [1.82, 2.24) is 0 Å². The van der Waals surface area contributed by atoms with Gasteiger partial charge in [0.2, 0.25) is 5.91 Å². The second-order valence-corrected chi connectivity index (χ2v) is 7.57. The zero-order valence-corrected chi connectivity index (χ0v) is 17.2. The highest BCUT2D eigenvalue weighted by molar-refractivity contribution is 5.98. The van der Waals surface area contributed by atoms with Gasteiger partial charge in [-0.15, -0.1) is 0 Å². The van der Waals surface area contributed by atoms with Crippen LogP contribution in [0.1, 0.15) is 30.5 Å². The second kappa shape index (κ2) is 9.09. The van der Waals surface area contributed by atoms with Crippen LogP contribution < -0.4 is 15.4 Å². The van der Waals surface area contributed by atoms with Crippen LogP contribution >= 0.6 is 0 Å². The van der Waals surface area contributed by atoms with Crippen LogP contribution in [0.3, 0.4) is 0 Å². The van der Waals surface area contributed by atoms with E-state index in [1.54, 1.807) is 19.1 Å². The monoisotopic (exact) mass is 396 g/mol. The van der Waals surface area contributed by atoms with Crippen LogP contribution in [0, 0.1) is 12.8 Å². The quantitative estimate of drug-likeness (QED) is 0.617. The molecule has 0 spiro atoms. The first-order chi connectivity index (χ1) is 13.9. The van der Waals surface area contributed by atoms with Crippen molar-refractivity contribution in [2.75, 3.05) is 18.1 Å². The van der Waals surface area contributed by atoms with E-state index in [4.69, 9.17) is 15.2 Å². The third kappa shape index (κ3) is 4.95. The largest absolute Gasteiger partial charge is 0.513 e. The summed E-state index contributed by atoms with van der Waals surface area (Å²) in [6.45, 7) is 6.70. The molecule has 0 saturated carbocycles. The van der Waals surface area contributed by atoms with Crippen molar-refractivity contribution in [3.05, 3.63) is 59.2 Å². The van der Waals surface area contributed by atoms with Gasteiger partial charge in [-0.3, -0.25) is 4.79 Å². The fourth-order valence-corrected chi connectivity index (χ4v) is 3.73. The Morgan fingerprint density at radius 3 is 2.72 bits per heavy atom. The summed E-state index contributed by atoms with van der Waals surface area (Å²) < 4.78 is 9.91. The molecule has 1 aliphatic rings. The summed E-state index contributed by atoms with van der Waals surface area (Å²) in [5, 5.41) is 0. The molecule has 2 aromatic carbocycles. The minimum absolute atomic E-state index is 0.0738. The number of benzene rings is 2. The molecule has 1 unspecified atom stereocenters. The molecule has 6 nitrogen and oxygen atoms in total. The van der Waals surface area contributed by atoms with Crippen molar-refractivity contribution in [1.29, 1.82) is 0 Å². The first-order valence-corrected chi connectivity index (χ1v) is 9.98. The van der Waals surface area contributed by atoms with E-state index in [1.807, 2.05) is 36.1 Å². The lowest BCUT2D eigenvalue weighted by molar-refractivity contribution is -0.120. The topological polar surface area (TPSA) is 81.9 Å². The maximum absolute atomic E-state index is 13.1. The van der Waals surface area contributed by atoms with Crippen molar-refractivity contribution >= 4 is 17.7 Å². The molecule has 29 heavy (non-hydrogen) atoms. The smallest absolute Gasteiger partial charge is 0.434 e. The highest BCUT2D eigenvalue weighted by Gasteiger charge is 2.29. The second-order valence-electron chi connectivity index (χ2n) is 7.57. The molecule has 0 bridgehead atoms. The summed E-state index contributed by atoms with van der Waals surface area (Å²) >= 11 is 0. The number of anilines is 1. The van der Waals surface area contributed by atoms with Crippen LogP contribution in [-0.4, -0.2) is 31.3 Å². The number of amides is 1. The lowest BCUT2D eigenvalue weighted by Crippen LogP contribution is -2.48. The molecule has 154 valence electrons. The van der Waals surface area contributed by atoms with Gasteiger partial charge in [-0.1, -0.05) is 31.2 Å². The number of rotatable bonds is 5. The summed E-state index contributed by atoms with van der Waals surface area (Å²) in [6.07, 6.45) is 0.651. The lowest BCUT2D eigenvalue weighted by Gasteiger charge is -2.34. The number of nitrogens with two attached hydrogens (primary N) is 1. The zero-order valence-electron chi connectivity index (χ0n) is 17.2. The van der Waals surface area contributed by atoms with Gasteiger partial charge >= 0.3 is 6.16 Å². The molecule has 3 rings (SSSR count).